The first-order chi connectivity index (χ1) is 16.7. The number of sulfonamides is 1. The fourth-order valence-corrected chi connectivity index (χ4v) is 4.77. The number of hydrogen-bond acceptors (Lipinski definition) is 7. The Labute approximate surface area is 204 Å². The van der Waals surface area contributed by atoms with Crippen LogP contribution in [0.15, 0.2) is 71.6 Å². The number of carbonyl (C=O) groups is 2. The van der Waals surface area contributed by atoms with Gasteiger partial charge in [-0.15, -0.1) is 0 Å². The van der Waals surface area contributed by atoms with Crippen molar-refractivity contribution in [2.24, 2.45) is 0 Å². The molecule has 0 bridgehead atoms. The minimum absolute atomic E-state index is 0.0735. The molecule has 0 heterocycles. The van der Waals surface area contributed by atoms with Gasteiger partial charge < -0.3 is 19.5 Å². The molecule has 0 spiro atoms. The van der Waals surface area contributed by atoms with E-state index in [1.54, 1.807) is 49.4 Å². The number of benzene rings is 3. The van der Waals surface area contributed by atoms with E-state index in [4.69, 9.17) is 14.2 Å². The van der Waals surface area contributed by atoms with Gasteiger partial charge in [0.15, 0.2) is 11.5 Å². The normalized spacial score (nSPS) is 10.9. The van der Waals surface area contributed by atoms with Gasteiger partial charge in [0, 0.05) is 11.8 Å². The molecule has 0 radical (unpaired) electrons. The van der Waals surface area contributed by atoms with Gasteiger partial charge in [0.05, 0.1) is 37.5 Å². The van der Waals surface area contributed by atoms with Crippen molar-refractivity contribution in [3.05, 3.63) is 77.9 Å². The lowest BCUT2D eigenvalue weighted by Crippen LogP contribution is -2.38. The average Bonchev–Trinajstić information content (AvgIpc) is 2.87. The van der Waals surface area contributed by atoms with Gasteiger partial charge in [0.2, 0.25) is 5.91 Å². The molecule has 184 valence electrons. The summed E-state index contributed by atoms with van der Waals surface area (Å²) in [6.45, 7) is 1.24. The molecule has 9 nitrogen and oxygen atoms in total. The summed E-state index contributed by atoms with van der Waals surface area (Å²) in [5, 5.41) is 2.70. The Hall–Kier alpha value is -4.05. The molecule has 3 rings (SSSR count). The lowest BCUT2D eigenvalue weighted by atomic mass is 10.1. The molecule has 0 aliphatic carbocycles. The average molecular weight is 499 g/mol. The smallest absolute Gasteiger partial charge is 0.337 e. The van der Waals surface area contributed by atoms with Crippen LogP contribution in [-0.4, -0.2) is 48.2 Å². The van der Waals surface area contributed by atoms with Gasteiger partial charge >= 0.3 is 5.97 Å². The third-order valence-electron chi connectivity index (χ3n) is 5.21. The minimum Gasteiger partial charge on any atom is -0.493 e. The van der Waals surface area contributed by atoms with Crippen molar-refractivity contribution >= 4 is 33.3 Å². The number of amides is 1. The summed E-state index contributed by atoms with van der Waals surface area (Å²) in [5.74, 6) is -0.539. The van der Waals surface area contributed by atoms with Crippen molar-refractivity contribution in [3.8, 4) is 11.5 Å². The Balaban J connectivity index is 1.96. The van der Waals surface area contributed by atoms with Gasteiger partial charge in [0.25, 0.3) is 10.0 Å². The molecule has 0 aliphatic rings. The molecule has 1 amide bonds. The van der Waals surface area contributed by atoms with Gasteiger partial charge in [0.1, 0.15) is 6.54 Å². The first kappa shape index (κ1) is 25.6. The summed E-state index contributed by atoms with van der Waals surface area (Å²) < 4.78 is 43.4. The predicted octanol–water partition coefficient (Wildman–Crippen LogP) is 3.63. The molecule has 0 atom stereocenters. The summed E-state index contributed by atoms with van der Waals surface area (Å²) >= 11 is 0. The molecule has 3 aromatic rings. The Morgan fingerprint density at radius 3 is 2.20 bits per heavy atom. The molecule has 1 N–H and O–H groups in total. The fraction of sp³-hybridized carbons (Fsp3) is 0.200. The highest BCUT2D eigenvalue weighted by Crippen LogP contribution is 2.32. The van der Waals surface area contributed by atoms with Crippen molar-refractivity contribution in [1.82, 2.24) is 0 Å². The molecule has 10 heteroatoms. The summed E-state index contributed by atoms with van der Waals surface area (Å²) in [4.78, 5) is 24.8. The monoisotopic (exact) mass is 498 g/mol. The van der Waals surface area contributed by atoms with E-state index >= 15 is 0 Å². The molecule has 0 saturated heterocycles. The van der Waals surface area contributed by atoms with Crippen molar-refractivity contribution in [2.75, 3.05) is 37.5 Å². The summed E-state index contributed by atoms with van der Waals surface area (Å²) in [7, 11) is -0.0583. The second-order valence-electron chi connectivity index (χ2n) is 7.43. The summed E-state index contributed by atoms with van der Waals surface area (Å²) in [6.07, 6.45) is 0. The van der Waals surface area contributed by atoms with Crippen LogP contribution in [0.2, 0.25) is 0 Å². The second kappa shape index (κ2) is 10.9. The third-order valence-corrected chi connectivity index (χ3v) is 6.98. The minimum atomic E-state index is -4.17. The maximum absolute atomic E-state index is 13.6. The summed E-state index contributed by atoms with van der Waals surface area (Å²) in [5.41, 5.74) is 1.62. The molecular weight excluding hydrogens is 472 g/mol. The molecule has 35 heavy (non-hydrogen) atoms. The highest BCUT2D eigenvalue weighted by Gasteiger charge is 2.28. The van der Waals surface area contributed by atoms with E-state index < -0.39 is 28.4 Å². The highest BCUT2D eigenvalue weighted by atomic mass is 32.2. The van der Waals surface area contributed by atoms with E-state index in [1.807, 2.05) is 0 Å². The largest absolute Gasteiger partial charge is 0.493 e. The maximum Gasteiger partial charge on any atom is 0.337 e. The molecule has 0 aromatic heterocycles. The molecule has 0 fully saturated rings. The maximum atomic E-state index is 13.6. The lowest BCUT2D eigenvalue weighted by Gasteiger charge is -2.24. The number of rotatable bonds is 9. The Morgan fingerprint density at radius 2 is 1.57 bits per heavy atom. The van der Waals surface area contributed by atoms with Gasteiger partial charge in [-0.1, -0.05) is 24.3 Å². The van der Waals surface area contributed by atoms with E-state index in [2.05, 4.69) is 5.32 Å². The van der Waals surface area contributed by atoms with Crippen LogP contribution in [0.5, 0.6) is 11.5 Å². The first-order valence-electron chi connectivity index (χ1n) is 10.5. The van der Waals surface area contributed by atoms with E-state index in [0.29, 0.717) is 22.7 Å². The van der Waals surface area contributed by atoms with Crippen LogP contribution in [0, 0.1) is 6.92 Å². The molecule has 0 aliphatic heterocycles. The van der Waals surface area contributed by atoms with Crippen LogP contribution in [-0.2, 0) is 19.6 Å². The van der Waals surface area contributed by atoms with Crippen molar-refractivity contribution in [3.63, 3.8) is 0 Å². The van der Waals surface area contributed by atoms with Crippen molar-refractivity contribution in [2.45, 2.75) is 11.8 Å². The molecule has 0 unspecified atom stereocenters. The number of para-hydroxylation sites is 1. The third kappa shape index (κ3) is 5.72. The van der Waals surface area contributed by atoms with E-state index in [0.717, 1.165) is 4.31 Å². The fourth-order valence-electron chi connectivity index (χ4n) is 3.34. The number of ether oxygens (including phenoxy) is 3. The Kier molecular flexibility index (Phi) is 7.98. The topological polar surface area (TPSA) is 111 Å². The number of nitrogens with one attached hydrogen (secondary N) is 1. The quantitative estimate of drug-likeness (QED) is 0.449. The molecule has 3 aromatic carbocycles. The highest BCUT2D eigenvalue weighted by molar-refractivity contribution is 7.92. The van der Waals surface area contributed by atoms with Crippen LogP contribution < -0.4 is 19.1 Å². The number of methoxy groups -OCH3 is 3. The zero-order chi connectivity index (χ0) is 25.6. The van der Waals surface area contributed by atoms with Gasteiger partial charge in [-0.3, -0.25) is 9.10 Å². The van der Waals surface area contributed by atoms with E-state index in [1.165, 1.54) is 45.6 Å². The Bertz CT molecular complexity index is 1320. The number of carbonyl (C=O) groups excluding carboxylic acids is 2. The molecule has 0 saturated carbocycles. The van der Waals surface area contributed by atoms with Gasteiger partial charge in [-0.2, -0.15) is 0 Å². The second-order valence-corrected chi connectivity index (χ2v) is 9.30. The number of hydrogen-bond donors (Lipinski definition) is 1. The first-order valence-corrected chi connectivity index (χ1v) is 11.9. The number of anilines is 2. The lowest BCUT2D eigenvalue weighted by molar-refractivity contribution is -0.114. The van der Waals surface area contributed by atoms with Gasteiger partial charge in [-0.25, -0.2) is 13.2 Å². The number of esters is 1. The van der Waals surface area contributed by atoms with Crippen molar-refractivity contribution in [1.29, 1.82) is 0 Å². The standard InChI is InChI=1S/C25H26N2O7S/c1-17-10-11-18(25(29)34-4)14-21(17)26-24(28)16-27(19-8-6-5-7-9-19)35(30,31)20-12-13-22(32-2)23(15-20)33-3/h5-15H,16H2,1-4H3,(H,26,28). The van der Waals surface area contributed by atoms with Gasteiger partial charge in [-0.05, 0) is 48.9 Å². The molecular formula is C25H26N2O7S. The SMILES string of the molecule is COC(=O)c1ccc(C)c(NC(=O)CN(c2ccccc2)S(=O)(=O)c2ccc(OC)c(OC)c2)c1. The van der Waals surface area contributed by atoms with E-state index in [-0.39, 0.29) is 16.2 Å². The summed E-state index contributed by atoms with van der Waals surface area (Å²) in [6, 6.07) is 17.2. The van der Waals surface area contributed by atoms with Crippen LogP contribution in [0.25, 0.3) is 0 Å². The van der Waals surface area contributed by atoms with E-state index in [9.17, 15) is 18.0 Å². The number of aryl methyl sites for hydroxylation is 1. The predicted molar refractivity (Wildman–Crippen MR) is 132 cm³/mol. The Morgan fingerprint density at radius 1 is 0.886 bits per heavy atom. The van der Waals surface area contributed by atoms with Crippen LogP contribution in [0.3, 0.4) is 0 Å². The van der Waals surface area contributed by atoms with Crippen molar-refractivity contribution < 1.29 is 32.2 Å². The zero-order valence-electron chi connectivity index (χ0n) is 19.8. The van der Waals surface area contributed by atoms with Crippen LogP contribution in [0.1, 0.15) is 15.9 Å². The number of nitrogens with zero attached hydrogens (tertiary/aromatic N) is 1. The van der Waals surface area contributed by atoms with Crippen LogP contribution in [0.4, 0.5) is 11.4 Å². The van der Waals surface area contributed by atoms with Crippen LogP contribution >= 0.6 is 0 Å². The zero-order valence-corrected chi connectivity index (χ0v) is 20.6.